The Morgan fingerprint density at radius 3 is 1.27 bits per heavy atom. The molecule has 2 heterocycles. The first kappa shape index (κ1) is 62.1. The van der Waals surface area contributed by atoms with E-state index in [9.17, 15) is 45.6 Å². The molecule has 14 heteroatoms. The van der Waals surface area contributed by atoms with Crippen LogP contribution < -0.4 is 5.32 Å². The van der Waals surface area contributed by atoms with Gasteiger partial charge in [-0.3, -0.25) is 4.79 Å². The van der Waals surface area contributed by atoms with E-state index in [0.717, 1.165) is 51.4 Å². The molecule has 2 saturated heterocycles. The maximum atomic E-state index is 13.2. The van der Waals surface area contributed by atoms with Crippen molar-refractivity contribution in [3.8, 4) is 0 Å². The Bertz CT molecular complexity index is 1140. The number of rotatable bonds is 44. The molecule has 2 aliphatic heterocycles. The maximum Gasteiger partial charge on any atom is 0.220 e. The second-order valence-electron chi connectivity index (χ2n) is 20.1. The Morgan fingerprint density at radius 2 is 0.851 bits per heavy atom. The molecule has 0 radical (unpaired) electrons. The van der Waals surface area contributed by atoms with Gasteiger partial charge < -0.3 is 65.1 Å². The Morgan fingerprint density at radius 1 is 0.478 bits per heavy atom. The van der Waals surface area contributed by atoms with Crippen molar-refractivity contribution in [2.75, 3.05) is 19.8 Å². The van der Waals surface area contributed by atoms with Crippen molar-refractivity contribution in [1.29, 1.82) is 0 Å². The van der Waals surface area contributed by atoms with Gasteiger partial charge in [-0.05, 0) is 12.8 Å². The van der Waals surface area contributed by atoms with Crippen molar-refractivity contribution in [1.82, 2.24) is 5.32 Å². The van der Waals surface area contributed by atoms with Gasteiger partial charge in [-0.2, -0.15) is 0 Å². The number of unbranched alkanes of at least 4 members (excludes halogenated alkanes) is 31. The third-order valence-corrected chi connectivity index (χ3v) is 14.1. The molecule has 0 spiro atoms. The van der Waals surface area contributed by atoms with Gasteiger partial charge in [0.2, 0.25) is 5.91 Å². The first-order valence-corrected chi connectivity index (χ1v) is 27.8. The van der Waals surface area contributed by atoms with Gasteiger partial charge in [-0.15, -0.1) is 0 Å². The van der Waals surface area contributed by atoms with Crippen LogP contribution in [0.25, 0.3) is 0 Å². The molecule has 12 atom stereocenters. The first-order valence-electron chi connectivity index (χ1n) is 27.8. The minimum Gasteiger partial charge on any atom is -0.394 e. The summed E-state index contributed by atoms with van der Waals surface area (Å²) in [4.78, 5) is 13.2. The lowest BCUT2D eigenvalue weighted by Gasteiger charge is -2.46. The molecule has 12 unspecified atom stereocenters. The quantitative estimate of drug-likeness (QED) is 0.0263. The average molecular weight is 962 g/mol. The molecule has 398 valence electrons. The smallest absolute Gasteiger partial charge is 0.220 e. The van der Waals surface area contributed by atoms with Gasteiger partial charge in [0.15, 0.2) is 12.6 Å². The number of hydrogen-bond acceptors (Lipinski definition) is 13. The number of aliphatic hydroxyl groups is 8. The highest BCUT2D eigenvalue weighted by atomic mass is 16.7. The Hall–Kier alpha value is -1.01. The van der Waals surface area contributed by atoms with Crippen LogP contribution in [-0.4, -0.2) is 140 Å². The predicted molar refractivity (Wildman–Crippen MR) is 263 cm³/mol. The molecule has 0 aliphatic carbocycles. The van der Waals surface area contributed by atoms with Crippen molar-refractivity contribution in [2.45, 2.75) is 312 Å². The van der Waals surface area contributed by atoms with Gasteiger partial charge >= 0.3 is 0 Å². The summed E-state index contributed by atoms with van der Waals surface area (Å²) in [6.45, 7) is 2.86. The molecule has 2 aliphatic rings. The number of amides is 1. The zero-order valence-corrected chi connectivity index (χ0v) is 42.4. The normalized spacial score (nSPS) is 26.5. The van der Waals surface area contributed by atoms with Crippen LogP contribution in [0, 0.1) is 0 Å². The van der Waals surface area contributed by atoms with Crippen LogP contribution in [0.1, 0.15) is 239 Å². The van der Waals surface area contributed by atoms with Crippen molar-refractivity contribution in [3.63, 3.8) is 0 Å². The Kier molecular flexibility index (Phi) is 37.6. The SMILES string of the molecule is CCCCCCCCCCCCCCCCCCCCCCCCCC(=O)NC(COC1OC(CO)C(OC2OC(CO)C(O)C(O)C2O)C(O)C1O)C(O)CCCCCCCCCCCC. The molecule has 0 aromatic heterocycles. The molecule has 0 bridgehead atoms. The number of ether oxygens (including phenoxy) is 4. The second kappa shape index (κ2) is 40.6. The van der Waals surface area contributed by atoms with Gasteiger partial charge in [-0.1, -0.05) is 219 Å². The number of hydrogen-bond donors (Lipinski definition) is 9. The van der Waals surface area contributed by atoms with E-state index < -0.39 is 86.8 Å². The molecule has 1 amide bonds. The summed E-state index contributed by atoms with van der Waals surface area (Å²) in [5, 5.41) is 86.9. The molecule has 2 fully saturated rings. The summed E-state index contributed by atoms with van der Waals surface area (Å²) in [5.41, 5.74) is 0. The first-order chi connectivity index (χ1) is 32.6. The molecular formula is C53H103NO13. The minimum atomic E-state index is -1.78. The third-order valence-electron chi connectivity index (χ3n) is 14.1. The van der Waals surface area contributed by atoms with Crippen LogP contribution in [0.2, 0.25) is 0 Å². The number of carbonyl (C=O) groups is 1. The summed E-state index contributed by atoms with van der Waals surface area (Å²) in [6, 6.07) is -0.820. The highest BCUT2D eigenvalue weighted by Gasteiger charge is 2.51. The van der Waals surface area contributed by atoms with Crippen LogP contribution in [0.4, 0.5) is 0 Å². The van der Waals surface area contributed by atoms with Gasteiger partial charge in [0.05, 0.1) is 32.0 Å². The lowest BCUT2D eigenvalue weighted by molar-refractivity contribution is -0.359. The van der Waals surface area contributed by atoms with Gasteiger partial charge in [0.1, 0.15) is 48.8 Å². The van der Waals surface area contributed by atoms with Gasteiger partial charge in [-0.25, -0.2) is 0 Å². The van der Waals surface area contributed by atoms with E-state index in [1.165, 1.54) is 161 Å². The van der Waals surface area contributed by atoms with E-state index in [-0.39, 0.29) is 12.5 Å². The summed E-state index contributed by atoms with van der Waals surface area (Å²) < 4.78 is 22.8. The highest BCUT2D eigenvalue weighted by Crippen LogP contribution is 2.30. The highest BCUT2D eigenvalue weighted by molar-refractivity contribution is 5.76. The summed E-state index contributed by atoms with van der Waals surface area (Å²) >= 11 is 0. The lowest BCUT2D eigenvalue weighted by Crippen LogP contribution is -2.65. The molecule has 0 aromatic rings. The van der Waals surface area contributed by atoms with Crippen molar-refractivity contribution in [2.24, 2.45) is 0 Å². The molecule has 67 heavy (non-hydrogen) atoms. The zero-order valence-electron chi connectivity index (χ0n) is 42.4. The maximum absolute atomic E-state index is 13.2. The van der Waals surface area contributed by atoms with Gasteiger partial charge in [0.25, 0.3) is 0 Å². The second-order valence-corrected chi connectivity index (χ2v) is 20.1. The van der Waals surface area contributed by atoms with E-state index in [1.807, 2.05) is 0 Å². The van der Waals surface area contributed by atoms with Crippen LogP contribution in [0.5, 0.6) is 0 Å². The van der Waals surface area contributed by atoms with E-state index in [0.29, 0.717) is 12.8 Å². The fraction of sp³-hybridized carbons (Fsp3) is 0.981. The van der Waals surface area contributed by atoms with Crippen LogP contribution in [0.3, 0.4) is 0 Å². The summed E-state index contributed by atoms with van der Waals surface area (Å²) in [5.74, 6) is -0.203. The fourth-order valence-corrected chi connectivity index (χ4v) is 9.53. The molecule has 0 saturated carbocycles. The molecule has 0 aromatic carbocycles. The lowest BCUT2D eigenvalue weighted by atomic mass is 9.97. The average Bonchev–Trinajstić information content (AvgIpc) is 3.32. The van der Waals surface area contributed by atoms with Crippen molar-refractivity contribution >= 4 is 5.91 Å². The van der Waals surface area contributed by atoms with Gasteiger partial charge in [0, 0.05) is 6.42 Å². The molecule has 9 N–H and O–H groups in total. The van der Waals surface area contributed by atoms with E-state index in [1.54, 1.807) is 0 Å². The van der Waals surface area contributed by atoms with E-state index in [4.69, 9.17) is 18.9 Å². The summed E-state index contributed by atoms with van der Waals surface area (Å²) in [7, 11) is 0. The number of aliphatic hydroxyl groups excluding tert-OH is 8. The largest absolute Gasteiger partial charge is 0.394 e. The predicted octanol–water partition coefficient (Wildman–Crippen LogP) is 8.17. The zero-order chi connectivity index (χ0) is 48.9. The fourth-order valence-electron chi connectivity index (χ4n) is 9.53. The Balaban J connectivity index is 1.71. The van der Waals surface area contributed by atoms with Crippen LogP contribution in [0.15, 0.2) is 0 Å². The summed E-state index contributed by atoms with van der Waals surface area (Å²) in [6.07, 6.45) is 25.5. The molecular weight excluding hydrogens is 859 g/mol. The molecule has 2 rings (SSSR count). The topological polar surface area (TPSA) is 228 Å². The van der Waals surface area contributed by atoms with Crippen LogP contribution >= 0.6 is 0 Å². The number of carbonyl (C=O) groups excluding carboxylic acids is 1. The minimum absolute atomic E-state index is 0.203. The van der Waals surface area contributed by atoms with E-state index in [2.05, 4.69) is 19.2 Å². The monoisotopic (exact) mass is 962 g/mol. The Labute approximate surface area is 406 Å². The third kappa shape index (κ3) is 27.4. The number of nitrogens with one attached hydrogen (secondary N) is 1. The molecule has 14 nitrogen and oxygen atoms in total. The van der Waals surface area contributed by atoms with Crippen molar-refractivity contribution in [3.05, 3.63) is 0 Å². The van der Waals surface area contributed by atoms with Crippen molar-refractivity contribution < 1.29 is 64.6 Å². The van der Waals surface area contributed by atoms with E-state index >= 15 is 0 Å². The standard InChI is InChI=1S/C53H103NO13/c1-3-5-7-9-11-13-15-16-17-18-19-20-21-22-23-24-25-26-27-29-31-33-35-37-45(58)54-41(42(57)36-34-32-30-28-14-12-10-8-6-4-2)40-64-52-50(63)48(61)51(44(39-56)66-52)67-53-49(62)47(60)46(59)43(38-55)65-53/h41-44,46-53,55-57,59-63H,3-40H2,1-2H3,(H,54,58). The van der Waals surface area contributed by atoms with Crippen LogP contribution in [-0.2, 0) is 23.7 Å².